The second-order valence-corrected chi connectivity index (χ2v) is 3.56. The molecule has 1 aromatic heterocycles. The number of rotatable bonds is 4. The maximum Gasteiger partial charge on any atom is 0.424 e. The van der Waals surface area contributed by atoms with Crippen molar-refractivity contribution in [3.05, 3.63) is 13.8 Å². The van der Waals surface area contributed by atoms with E-state index < -0.39 is 4.92 Å². The summed E-state index contributed by atoms with van der Waals surface area (Å²) in [7, 11) is 0. The van der Waals surface area contributed by atoms with Crippen LogP contribution >= 0.6 is 22.6 Å². The average Bonchev–Trinajstić information content (AvgIpc) is 2.43. The first-order valence-electron chi connectivity index (χ1n) is 3.90. The van der Waals surface area contributed by atoms with Crippen molar-refractivity contribution in [2.24, 2.45) is 0 Å². The van der Waals surface area contributed by atoms with Crippen LogP contribution in [0.5, 0.6) is 0 Å². The van der Waals surface area contributed by atoms with Crippen molar-refractivity contribution in [3.8, 4) is 0 Å². The van der Waals surface area contributed by atoms with Crippen molar-refractivity contribution in [1.29, 1.82) is 0 Å². The third-order valence-electron chi connectivity index (χ3n) is 1.55. The molecule has 0 radical (unpaired) electrons. The first-order chi connectivity index (χ1) is 6.16. The molecule has 0 saturated carbocycles. The van der Waals surface area contributed by atoms with Crippen molar-refractivity contribution in [2.75, 3.05) is 0 Å². The van der Waals surface area contributed by atoms with Crippen LogP contribution in [0.25, 0.3) is 0 Å². The Kier molecular flexibility index (Phi) is 3.58. The number of aryl methyl sites for hydroxylation is 1. The van der Waals surface area contributed by atoms with Gasteiger partial charge in [-0.2, -0.15) is 0 Å². The zero-order valence-corrected chi connectivity index (χ0v) is 9.26. The van der Waals surface area contributed by atoms with Gasteiger partial charge < -0.3 is 10.1 Å². The fourth-order valence-electron chi connectivity index (χ4n) is 0.855. The topological polar surface area (TPSA) is 73.8 Å². The van der Waals surface area contributed by atoms with E-state index in [0.717, 1.165) is 12.8 Å². The van der Waals surface area contributed by atoms with Crippen LogP contribution in [0.3, 0.4) is 0 Å². The van der Waals surface area contributed by atoms with E-state index in [1.807, 2.05) is 22.6 Å². The second kappa shape index (κ2) is 4.49. The molecule has 0 saturated heterocycles. The number of unbranched alkanes of at least 4 members (excludes halogenated alkanes) is 1. The molecule has 1 rings (SSSR count). The highest BCUT2D eigenvalue weighted by Gasteiger charge is 2.20. The quantitative estimate of drug-likeness (QED) is 0.480. The first kappa shape index (κ1) is 10.4. The van der Waals surface area contributed by atoms with E-state index in [4.69, 9.17) is 0 Å². The molecule has 1 aromatic rings. The van der Waals surface area contributed by atoms with Gasteiger partial charge in [-0.1, -0.05) is 13.3 Å². The average molecular weight is 296 g/mol. The standard InChI is InChI=1S/C6H9IN4O2/c1-2-3-4-10-5(7)6(8-9-10)11(12)13/h2-4H2,1H3. The predicted molar refractivity (Wildman–Crippen MR) is 54.3 cm³/mol. The molecule has 0 aromatic carbocycles. The van der Waals surface area contributed by atoms with Crippen LogP contribution in [-0.2, 0) is 6.54 Å². The molecule has 72 valence electrons. The smallest absolute Gasteiger partial charge is 0.358 e. The summed E-state index contributed by atoms with van der Waals surface area (Å²) < 4.78 is 2.05. The third kappa shape index (κ3) is 2.36. The molecule has 0 bridgehead atoms. The summed E-state index contributed by atoms with van der Waals surface area (Å²) >= 11 is 1.89. The number of nitro groups is 1. The SMILES string of the molecule is CCCCn1nnc([N+](=O)[O-])c1I. The maximum absolute atomic E-state index is 10.4. The van der Waals surface area contributed by atoms with Gasteiger partial charge in [-0.3, -0.25) is 0 Å². The minimum Gasteiger partial charge on any atom is -0.358 e. The van der Waals surface area contributed by atoms with Crippen LogP contribution in [-0.4, -0.2) is 19.9 Å². The third-order valence-corrected chi connectivity index (χ3v) is 2.59. The molecule has 0 aliphatic heterocycles. The fraction of sp³-hybridized carbons (Fsp3) is 0.667. The lowest BCUT2D eigenvalue weighted by Crippen LogP contribution is -2.02. The molecular weight excluding hydrogens is 287 g/mol. The van der Waals surface area contributed by atoms with E-state index in [2.05, 4.69) is 17.2 Å². The summed E-state index contributed by atoms with van der Waals surface area (Å²) in [6, 6.07) is 0. The zero-order valence-electron chi connectivity index (χ0n) is 7.10. The van der Waals surface area contributed by atoms with Crippen LogP contribution in [0, 0.1) is 13.8 Å². The minimum atomic E-state index is -0.517. The van der Waals surface area contributed by atoms with E-state index in [9.17, 15) is 10.1 Å². The summed E-state index contributed by atoms with van der Waals surface area (Å²) in [5.41, 5.74) is 0. The van der Waals surface area contributed by atoms with Gasteiger partial charge in [0.05, 0.1) is 5.21 Å². The molecule has 0 fully saturated rings. The van der Waals surface area contributed by atoms with Crippen LogP contribution in [0.1, 0.15) is 19.8 Å². The molecule has 0 aliphatic carbocycles. The highest BCUT2D eigenvalue weighted by atomic mass is 127. The molecule has 0 aliphatic rings. The van der Waals surface area contributed by atoms with Crippen LogP contribution in [0.4, 0.5) is 5.82 Å². The molecule has 7 heteroatoms. The molecule has 6 nitrogen and oxygen atoms in total. The number of halogens is 1. The molecule has 13 heavy (non-hydrogen) atoms. The molecule has 0 amide bonds. The van der Waals surface area contributed by atoms with Crippen LogP contribution < -0.4 is 0 Å². The van der Waals surface area contributed by atoms with E-state index in [-0.39, 0.29) is 5.82 Å². The van der Waals surface area contributed by atoms with Gasteiger partial charge in [0.2, 0.25) is 3.70 Å². The largest absolute Gasteiger partial charge is 0.424 e. The van der Waals surface area contributed by atoms with Gasteiger partial charge in [0.1, 0.15) is 5.10 Å². The Bertz CT molecular complexity index is 312. The Morgan fingerprint density at radius 3 is 2.85 bits per heavy atom. The summed E-state index contributed by atoms with van der Waals surface area (Å²) in [5.74, 6) is -0.156. The van der Waals surface area contributed by atoms with Crippen molar-refractivity contribution >= 4 is 28.4 Å². The predicted octanol–water partition coefficient (Wildman–Crippen LogP) is 1.59. The van der Waals surface area contributed by atoms with Crippen molar-refractivity contribution in [3.63, 3.8) is 0 Å². The lowest BCUT2D eigenvalue weighted by Gasteiger charge is -1.96. The molecule has 0 unspecified atom stereocenters. The Balaban J connectivity index is 2.80. The Morgan fingerprint density at radius 1 is 1.69 bits per heavy atom. The number of hydrogen-bond donors (Lipinski definition) is 0. The summed E-state index contributed by atoms with van der Waals surface area (Å²) in [4.78, 5) is 9.88. The van der Waals surface area contributed by atoms with E-state index in [0.29, 0.717) is 10.2 Å². The van der Waals surface area contributed by atoms with Gasteiger partial charge in [0, 0.05) is 6.54 Å². The van der Waals surface area contributed by atoms with Gasteiger partial charge in [0.15, 0.2) is 0 Å². The number of aromatic nitrogens is 3. The van der Waals surface area contributed by atoms with Crippen LogP contribution in [0.15, 0.2) is 0 Å². The summed E-state index contributed by atoms with van der Waals surface area (Å²) in [6.07, 6.45) is 1.99. The van der Waals surface area contributed by atoms with Gasteiger partial charge in [0.25, 0.3) is 0 Å². The molecule has 1 heterocycles. The summed E-state index contributed by atoms with van der Waals surface area (Å²) in [5, 5.41) is 17.6. The van der Waals surface area contributed by atoms with E-state index >= 15 is 0 Å². The van der Waals surface area contributed by atoms with Crippen LogP contribution in [0.2, 0.25) is 0 Å². The first-order valence-corrected chi connectivity index (χ1v) is 4.98. The lowest BCUT2D eigenvalue weighted by molar-refractivity contribution is -0.390. The molecule has 0 spiro atoms. The fourth-order valence-corrected chi connectivity index (χ4v) is 1.50. The lowest BCUT2D eigenvalue weighted by atomic mass is 10.3. The van der Waals surface area contributed by atoms with Gasteiger partial charge in [-0.05, 0) is 33.9 Å². The summed E-state index contributed by atoms with van der Waals surface area (Å²) in [6.45, 7) is 2.74. The number of hydrogen-bond acceptors (Lipinski definition) is 4. The Hall–Kier alpha value is -0.730. The van der Waals surface area contributed by atoms with E-state index in [1.165, 1.54) is 0 Å². The number of nitrogens with zero attached hydrogens (tertiary/aromatic N) is 4. The Morgan fingerprint density at radius 2 is 2.38 bits per heavy atom. The van der Waals surface area contributed by atoms with Gasteiger partial charge >= 0.3 is 5.82 Å². The molecule has 0 atom stereocenters. The highest BCUT2D eigenvalue weighted by Crippen LogP contribution is 2.16. The molecule has 0 N–H and O–H groups in total. The van der Waals surface area contributed by atoms with Gasteiger partial charge in [-0.15, -0.1) is 0 Å². The second-order valence-electron chi connectivity index (χ2n) is 2.54. The van der Waals surface area contributed by atoms with E-state index in [1.54, 1.807) is 4.68 Å². The zero-order chi connectivity index (χ0) is 9.84. The van der Waals surface area contributed by atoms with Crippen molar-refractivity contribution in [2.45, 2.75) is 26.3 Å². The highest BCUT2D eigenvalue weighted by molar-refractivity contribution is 14.1. The monoisotopic (exact) mass is 296 g/mol. The Labute approximate surface area is 88.6 Å². The molecular formula is C6H9IN4O2. The van der Waals surface area contributed by atoms with Crippen molar-refractivity contribution < 1.29 is 4.92 Å². The minimum absolute atomic E-state index is 0.156. The maximum atomic E-state index is 10.4. The van der Waals surface area contributed by atoms with Gasteiger partial charge in [-0.25, -0.2) is 4.68 Å². The van der Waals surface area contributed by atoms with Crippen molar-refractivity contribution in [1.82, 2.24) is 15.0 Å². The normalized spacial score (nSPS) is 10.3.